The number of nitrogens with one attached hydrogen (secondary N) is 1. The van der Waals surface area contributed by atoms with Gasteiger partial charge in [0.05, 0.1) is 0 Å². The topological polar surface area (TPSA) is 58.6 Å². The fourth-order valence-electron chi connectivity index (χ4n) is 4.14. The molecule has 3 aromatic rings. The number of ether oxygens (including phenoxy) is 1. The third kappa shape index (κ3) is 8.36. The molecule has 3 aromatic carbocycles. The summed E-state index contributed by atoms with van der Waals surface area (Å²) in [7, 11) is 0. The highest BCUT2D eigenvalue weighted by Crippen LogP contribution is 2.26. The fourth-order valence-corrected chi connectivity index (χ4v) is 4.35. The minimum absolute atomic E-state index is 0.0111. The highest BCUT2D eigenvalue weighted by molar-refractivity contribution is 6.30. The van der Waals surface area contributed by atoms with E-state index in [1.165, 1.54) is 0 Å². The van der Waals surface area contributed by atoms with Gasteiger partial charge in [0.1, 0.15) is 11.8 Å². The molecule has 0 saturated heterocycles. The lowest BCUT2D eigenvalue weighted by atomic mass is 10.0. The van der Waals surface area contributed by atoms with Crippen LogP contribution < -0.4 is 10.1 Å². The smallest absolute Gasteiger partial charge is 0.261 e. The van der Waals surface area contributed by atoms with Crippen LogP contribution in [0.2, 0.25) is 5.02 Å². The Morgan fingerprint density at radius 2 is 1.59 bits per heavy atom. The van der Waals surface area contributed by atoms with Gasteiger partial charge >= 0.3 is 0 Å². The molecule has 2 atom stereocenters. The molecule has 0 spiro atoms. The molecule has 3 rings (SSSR count). The van der Waals surface area contributed by atoms with Crippen molar-refractivity contribution in [2.24, 2.45) is 0 Å². The first-order valence-electron chi connectivity index (χ1n) is 12.9. The molecule has 2 amide bonds. The van der Waals surface area contributed by atoms with Crippen molar-refractivity contribution in [3.63, 3.8) is 0 Å². The third-order valence-corrected chi connectivity index (χ3v) is 6.64. The van der Waals surface area contributed by atoms with Gasteiger partial charge in [-0.2, -0.15) is 0 Å². The Morgan fingerprint density at radius 3 is 2.27 bits per heavy atom. The number of benzene rings is 3. The van der Waals surface area contributed by atoms with Crippen LogP contribution in [-0.4, -0.2) is 35.4 Å². The first-order valence-corrected chi connectivity index (χ1v) is 13.3. The molecular formula is C31H37ClN2O3. The molecule has 6 heteroatoms. The van der Waals surface area contributed by atoms with Crippen LogP contribution in [-0.2, 0) is 22.6 Å². The molecule has 0 aliphatic heterocycles. The molecule has 0 heterocycles. The molecule has 0 aliphatic rings. The molecule has 0 unspecified atom stereocenters. The number of carbonyl (C=O) groups is 2. The number of hydrogen-bond acceptors (Lipinski definition) is 3. The van der Waals surface area contributed by atoms with Crippen LogP contribution >= 0.6 is 11.6 Å². The number of para-hydroxylation sites is 1. The minimum atomic E-state index is -0.716. The van der Waals surface area contributed by atoms with Crippen LogP contribution in [0.4, 0.5) is 0 Å². The summed E-state index contributed by atoms with van der Waals surface area (Å²) in [5.41, 5.74) is 2.85. The van der Waals surface area contributed by atoms with Crippen LogP contribution in [0, 0.1) is 0 Å². The number of amides is 2. The van der Waals surface area contributed by atoms with E-state index in [4.69, 9.17) is 16.3 Å². The van der Waals surface area contributed by atoms with Crippen LogP contribution in [0.3, 0.4) is 0 Å². The van der Waals surface area contributed by atoms with Gasteiger partial charge in [-0.05, 0) is 54.2 Å². The average Bonchev–Trinajstić information content (AvgIpc) is 2.89. The van der Waals surface area contributed by atoms with Crippen molar-refractivity contribution in [2.75, 3.05) is 6.61 Å². The average molecular weight is 521 g/mol. The maximum atomic E-state index is 13.8. The molecule has 0 bridgehead atoms. The molecule has 1 N–H and O–H groups in total. The molecular weight excluding hydrogens is 484 g/mol. The van der Waals surface area contributed by atoms with E-state index in [-0.39, 0.29) is 36.9 Å². The summed E-state index contributed by atoms with van der Waals surface area (Å²) < 4.78 is 6.04. The zero-order valence-electron chi connectivity index (χ0n) is 22.1. The van der Waals surface area contributed by atoms with Gasteiger partial charge in [0.2, 0.25) is 5.91 Å². The molecule has 196 valence electrons. The summed E-state index contributed by atoms with van der Waals surface area (Å²) in [5, 5.41) is 3.66. The zero-order valence-corrected chi connectivity index (χ0v) is 22.9. The zero-order chi connectivity index (χ0) is 26.8. The molecule has 0 radical (unpaired) electrons. The summed E-state index contributed by atoms with van der Waals surface area (Å²) in [6.45, 7) is 8.22. The van der Waals surface area contributed by atoms with Crippen molar-refractivity contribution in [1.82, 2.24) is 10.2 Å². The van der Waals surface area contributed by atoms with Gasteiger partial charge in [-0.1, -0.05) is 93.0 Å². The lowest BCUT2D eigenvalue weighted by Crippen LogP contribution is -2.53. The molecule has 37 heavy (non-hydrogen) atoms. The maximum Gasteiger partial charge on any atom is 0.261 e. The lowest BCUT2D eigenvalue weighted by molar-refractivity contribution is -0.143. The first kappa shape index (κ1) is 28.3. The Balaban J connectivity index is 1.94. The van der Waals surface area contributed by atoms with Crippen molar-refractivity contribution in [3.8, 4) is 5.75 Å². The third-order valence-electron chi connectivity index (χ3n) is 6.41. The Morgan fingerprint density at radius 1 is 0.919 bits per heavy atom. The van der Waals surface area contributed by atoms with Gasteiger partial charge in [0, 0.05) is 24.0 Å². The van der Waals surface area contributed by atoms with E-state index in [1.807, 2.05) is 86.6 Å². The van der Waals surface area contributed by atoms with Gasteiger partial charge in [-0.25, -0.2) is 0 Å². The molecule has 5 nitrogen and oxygen atoms in total. The van der Waals surface area contributed by atoms with Gasteiger partial charge in [0.15, 0.2) is 6.61 Å². The molecule has 0 saturated carbocycles. The Hall–Kier alpha value is -3.31. The Bertz CT molecular complexity index is 1170. The first-order chi connectivity index (χ1) is 17.8. The molecule has 0 fully saturated rings. The van der Waals surface area contributed by atoms with Gasteiger partial charge in [-0.15, -0.1) is 0 Å². The van der Waals surface area contributed by atoms with Crippen molar-refractivity contribution < 1.29 is 14.3 Å². The second-order valence-corrected chi connectivity index (χ2v) is 10.1. The monoisotopic (exact) mass is 520 g/mol. The normalized spacial score (nSPS) is 12.6. The summed E-state index contributed by atoms with van der Waals surface area (Å²) in [4.78, 5) is 29.0. The van der Waals surface area contributed by atoms with Crippen molar-refractivity contribution >= 4 is 23.4 Å². The summed E-state index contributed by atoms with van der Waals surface area (Å²) in [6, 6.07) is 24.1. The Kier molecular flexibility index (Phi) is 10.6. The highest BCUT2D eigenvalue weighted by atomic mass is 35.5. The second kappa shape index (κ2) is 13.8. The minimum Gasteiger partial charge on any atom is -0.483 e. The SMILES string of the molecule is CC[C@H](C)NC(=O)[C@@H](Cc1ccccc1)N(Cc1cccc(Cl)c1)C(=O)COc1ccccc1C(C)C. The highest BCUT2D eigenvalue weighted by Gasteiger charge is 2.31. The predicted octanol–water partition coefficient (Wildman–Crippen LogP) is 6.40. The maximum absolute atomic E-state index is 13.8. The molecule has 0 aromatic heterocycles. The van der Waals surface area contributed by atoms with E-state index < -0.39 is 6.04 Å². The van der Waals surface area contributed by atoms with Crippen LogP contribution in [0.15, 0.2) is 78.9 Å². The quantitative estimate of drug-likeness (QED) is 0.301. The number of hydrogen-bond donors (Lipinski definition) is 1. The van der Waals surface area contributed by atoms with Crippen LogP contribution in [0.25, 0.3) is 0 Å². The van der Waals surface area contributed by atoms with Crippen molar-refractivity contribution in [3.05, 3.63) is 101 Å². The van der Waals surface area contributed by atoms with Gasteiger partial charge in [-0.3, -0.25) is 9.59 Å². The summed E-state index contributed by atoms with van der Waals surface area (Å²) >= 11 is 6.25. The van der Waals surface area contributed by atoms with E-state index in [0.29, 0.717) is 17.2 Å². The molecule has 0 aliphatic carbocycles. The van der Waals surface area contributed by atoms with Gasteiger partial charge in [0.25, 0.3) is 5.91 Å². The number of carbonyl (C=O) groups excluding carboxylic acids is 2. The number of nitrogens with zero attached hydrogens (tertiary/aromatic N) is 1. The predicted molar refractivity (Wildman–Crippen MR) is 150 cm³/mol. The Labute approximate surface area is 225 Å². The lowest BCUT2D eigenvalue weighted by Gasteiger charge is -2.32. The van der Waals surface area contributed by atoms with Crippen LogP contribution in [0.5, 0.6) is 5.75 Å². The largest absolute Gasteiger partial charge is 0.483 e. The van der Waals surface area contributed by atoms with E-state index in [1.54, 1.807) is 11.0 Å². The standard InChI is InChI=1S/C31H37ClN2O3/c1-5-23(4)33-31(36)28(19-24-12-7-6-8-13-24)34(20-25-14-11-15-26(32)18-25)30(35)21-37-29-17-10-9-16-27(29)22(2)3/h6-18,22-23,28H,5,19-21H2,1-4H3,(H,33,36)/t23-,28+/m0/s1. The van der Waals surface area contributed by atoms with Crippen molar-refractivity contribution in [2.45, 2.75) is 65.1 Å². The van der Waals surface area contributed by atoms with Crippen molar-refractivity contribution in [1.29, 1.82) is 0 Å². The van der Waals surface area contributed by atoms with E-state index in [9.17, 15) is 9.59 Å². The number of halogens is 1. The fraction of sp³-hybridized carbons (Fsp3) is 0.355. The van der Waals surface area contributed by atoms with E-state index in [2.05, 4.69) is 19.2 Å². The summed E-state index contributed by atoms with van der Waals surface area (Å²) in [6.07, 6.45) is 1.18. The second-order valence-electron chi connectivity index (χ2n) is 9.66. The van der Waals surface area contributed by atoms with Gasteiger partial charge < -0.3 is 15.0 Å². The summed E-state index contributed by atoms with van der Waals surface area (Å²) in [5.74, 6) is 0.480. The van der Waals surface area contributed by atoms with Crippen LogP contribution in [0.1, 0.15) is 56.7 Å². The van der Waals surface area contributed by atoms with E-state index >= 15 is 0 Å². The number of rotatable bonds is 12. The van der Waals surface area contributed by atoms with E-state index in [0.717, 1.165) is 23.1 Å².